The third kappa shape index (κ3) is 5.12. The molecule has 0 bridgehead atoms. The lowest BCUT2D eigenvalue weighted by Gasteiger charge is -2.04. The molecule has 4 heteroatoms. The third-order valence-corrected chi connectivity index (χ3v) is 2.14. The van der Waals surface area contributed by atoms with Crippen molar-refractivity contribution in [3.05, 3.63) is 35.9 Å². The Morgan fingerprint density at radius 3 is 2.53 bits per heavy atom. The highest BCUT2D eigenvalue weighted by atomic mass is 32.1. The molecular formula is C11H14N2OS. The largest absolute Gasteiger partial charge is 0.393 e. The van der Waals surface area contributed by atoms with Crippen LogP contribution in [0.5, 0.6) is 0 Å². The van der Waals surface area contributed by atoms with E-state index in [1.54, 1.807) is 0 Å². The van der Waals surface area contributed by atoms with Crippen molar-refractivity contribution < 1.29 is 4.79 Å². The van der Waals surface area contributed by atoms with E-state index in [1.807, 2.05) is 30.3 Å². The minimum atomic E-state index is -0.0216. The van der Waals surface area contributed by atoms with Gasteiger partial charge in [-0.15, -0.1) is 0 Å². The molecule has 0 fully saturated rings. The second-order valence-electron chi connectivity index (χ2n) is 3.23. The van der Waals surface area contributed by atoms with Gasteiger partial charge in [-0.05, 0) is 5.56 Å². The first kappa shape index (κ1) is 11.7. The van der Waals surface area contributed by atoms with Crippen molar-refractivity contribution in [2.75, 3.05) is 0 Å². The quantitative estimate of drug-likeness (QED) is 0.740. The number of rotatable bonds is 5. The van der Waals surface area contributed by atoms with Crippen LogP contribution < -0.4 is 11.1 Å². The number of nitrogens with one attached hydrogen (secondary N) is 1. The third-order valence-electron chi connectivity index (χ3n) is 1.93. The summed E-state index contributed by atoms with van der Waals surface area (Å²) in [5.74, 6) is -0.0216. The minimum Gasteiger partial charge on any atom is -0.393 e. The number of thiocarbonyl (C=S) groups is 1. The molecule has 0 aliphatic carbocycles. The molecule has 80 valence electrons. The second kappa shape index (κ2) is 6.14. The molecule has 0 aliphatic rings. The molecule has 1 rings (SSSR count). The van der Waals surface area contributed by atoms with Crippen LogP contribution in [-0.4, -0.2) is 10.9 Å². The number of carbonyl (C=O) groups is 1. The zero-order valence-corrected chi connectivity index (χ0v) is 9.22. The van der Waals surface area contributed by atoms with E-state index in [1.165, 1.54) is 0 Å². The van der Waals surface area contributed by atoms with E-state index in [4.69, 9.17) is 5.73 Å². The normalized spacial score (nSPS) is 9.60. The van der Waals surface area contributed by atoms with Gasteiger partial charge in [0.15, 0.2) is 0 Å². The predicted molar refractivity (Wildman–Crippen MR) is 64.3 cm³/mol. The molecule has 3 N–H and O–H groups in total. The van der Waals surface area contributed by atoms with Crippen LogP contribution in [0.15, 0.2) is 30.3 Å². The average molecular weight is 222 g/mol. The Labute approximate surface area is 94.7 Å². The van der Waals surface area contributed by atoms with Crippen LogP contribution in [0.4, 0.5) is 0 Å². The highest BCUT2D eigenvalue weighted by Gasteiger charge is 2.01. The van der Waals surface area contributed by atoms with Crippen LogP contribution in [0.25, 0.3) is 0 Å². The van der Waals surface area contributed by atoms with Crippen LogP contribution in [0, 0.1) is 0 Å². The van der Waals surface area contributed by atoms with Gasteiger partial charge in [-0.3, -0.25) is 4.79 Å². The fourth-order valence-electron chi connectivity index (χ4n) is 1.12. The Bertz CT molecular complexity index is 338. The van der Waals surface area contributed by atoms with Gasteiger partial charge in [-0.2, -0.15) is 0 Å². The maximum absolute atomic E-state index is 11.3. The van der Waals surface area contributed by atoms with E-state index in [2.05, 4.69) is 17.5 Å². The van der Waals surface area contributed by atoms with Gasteiger partial charge in [0.2, 0.25) is 5.91 Å². The summed E-state index contributed by atoms with van der Waals surface area (Å²) >= 11 is 4.69. The van der Waals surface area contributed by atoms with Crippen LogP contribution in [0.1, 0.15) is 18.4 Å². The van der Waals surface area contributed by atoms with Gasteiger partial charge in [-0.25, -0.2) is 0 Å². The summed E-state index contributed by atoms with van der Waals surface area (Å²) in [5.41, 5.74) is 6.38. The molecular weight excluding hydrogens is 208 g/mol. The van der Waals surface area contributed by atoms with Crippen molar-refractivity contribution in [1.29, 1.82) is 0 Å². The van der Waals surface area contributed by atoms with E-state index in [9.17, 15) is 4.79 Å². The molecule has 0 spiro atoms. The first-order valence-electron chi connectivity index (χ1n) is 4.77. The zero-order chi connectivity index (χ0) is 11.1. The van der Waals surface area contributed by atoms with E-state index in [0.717, 1.165) is 5.56 Å². The Hall–Kier alpha value is -1.42. The van der Waals surface area contributed by atoms with E-state index >= 15 is 0 Å². The summed E-state index contributed by atoms with van der Waals surface area (Å²) < 4.78 is 0. The predicted octanol–water partition coefficient (Wildman–Crippen LogP) is 1.37. The number of nitrogens with two attached hydrogens (primary N) is 1. The molecule has 0 radical (unpaired) electrons. The lowest BCUT2D eigenvalue weighted by Crippen LogP contribution is -2.24. The Morgan fingerprint density at radius 2 is 1.93 bits per heavy atom. The van der Waals surface area contributed by atoms with Crippen LogP contribution in [-0.2, 0) is 11.3 Å². The minimum absolute atomic E-state index is 0.0216. The highest BCUT2D eigenvalue weighted by Crippen LogP contribution is 1.98. The molecule has 1 aromatic carbocycles. The molecule has 3 nitrogen and oxygen atoms in total. The van der Waals surface area contributed by atoms with Crippen molar-refractivity contribution in [2.45, 2.75) is 19.4 Å². The zero-order valence-electron chi connectivity index (χ0n) is 8.40. The molecule has 0 unspecified atom stereocenters. The molecule has 0 saturated carbocycles. The molecule has 0 atom stereocenters. The van der Waals surface area contributed by atoms with Crippen molar-refractivity contribution in [1.82, 2.24) is 5.32 Å². The van der Waals surface area contributed by atoms with E-state index in [0.29, 0.717) is 24.4 Å². The SMILES string of the molecule is NC(=S)CCC(=O)NCc1ccccc1. The van der Waals surface area contributed by atoms with Crippen LogP contribution in [0.2, 0.25) is 0 Å². The Morgan fingerprint density at radius 1 is 1.27 bits per heavy atom. The summed E-state index contributed by atoms with van der Waals surface area (Å²) in [6.07, 6.45) is 0.831. The standard InChI is InChI=1S/C11H14N2OS/c12-10(15)6-7-11(14)13-8-9-4-2-1-3-5-9/h1-5H,6-8H2,(H2,12,15)(H,13,14). The highest BCUT2D eigenvalue weighted by molar-refractivity contribution is 7.80. The fraction of sp³-hybridized carbons (Fsp3) is 0.273. The lowest BCUT2D eigenvalue weighted by atomic mass is 10.2. The number of amides is 1. The van der Waals surface area contributed by atoms with Crippen molar-refractivity contribution >= 4 is 23.1 Å². The second-order valence-corrected chi connectivity index (χ2v) is 3.75. The first-order valence-corrected chi connectivity index (χ1v) is 5.18. The molecule has 0 aliphatic heterocycles. The number of hydrogen-bond acceptors (Lipinski definition) is 2. The summed E-state index contributed by atoms with van der Waals surface area (Å²) in [5, 5.41) is 2.80. The summed E-state index contributed by atoms with van der Waals surface area (Å²) in [6.45, 7) is 0.553. The fourth-order valence-corrected chi connectivity index (χ4v) is 1.22. The molecule has 1 amide bonds. The summed E-state index contributed by atoms with van der Waals surface area (Å²) in [7, 11) is 0. The van der Waals surface area contributed by atoms with Gasteiger partial charge in [-0.1, -0.05) is 42.5 Å². The molecule has 1 aromatic rings. The van der Waals surface area contributed by atoms with E-state index < -0.39 is 0 Å². The molecule has 0 aromatic heterocycles. The Kier molecular flexibility index (Phi) is 4.77. The van der Waals surface area contributed by atoms with Gasteiger partial charge in [0.1, 0.15) is 0 Å². The molecule has 15 heavy (non-hydrogen) atoms. The monoisotopic (exact) mass is 222 g/mol. The molecule has 0 heterocycles. The first-order chi connectivity index (χ1) is 7.18. The maximum atomic E-state index is 11.3. The van der Waals surface area contributed by atoms with Crippen LogP contribution >= 0.6 is 12.2 Å². The topological polar surface area (TPSA) is 55.1 Å². The maximum Gasteiger partial charge on any atom is 0.220 e. The van der Waals surface area contributed by atoms with Crippen LogP contribution in [0.3, 0.4) is 0 Å². The molecule has 0 saturated heterocycles. The number of carbonyl (C=O) groups excluding carboxylic acids is 1. The summed E-state index contributed by atoms with van der Waals surface area (Å²) in [6, 6.07) is 9.76. The number of benzene rings is 1. The van der Waals surface area contributed by atoms with Crippen molar-refractivity contribution in [3.8, 4) is 0 Å². The van der Waals surface area contributed by atoms with Gasteiger partial charge < -0.3 is 11.1 Å². The van der Waals surface area contributed by atoms with Crippen molar-refractivity contribution in [2.24, 2.45) is 5.73 Å². The van der Waals surface area contributed by atoms with E-state index in [-0.39, 0.29) is 5.91 Å². The van der Waals surface area contributed by atoms with Gasteiger partial charge in [0, 0.05) is 19.4 Å². The average Bonchev–Trinajstić information content (AvgIpc) is 2.25. The smallest absolute Gasteiger partial charge is 0.220 e. The van der Waals surface area contributed by atoms with Gasteiger partial charge >= 0.3 is 0 Å². The van der Waals surface area contributed by atoms with Gasteiger partial charge in [0.25, 0.3) is 0 Å². The Balaban J connectivity index is 2.26. The van der Waals surface area contributed by atoms with Gasteiger partial charge in [0.05, 0.1) is 4.99 Å². The summed E-state index contributed by atoms with van der Waals surface area (Å²) in [4.78, 5) is 11.7. The lowest BCUT2D eigenvalue weighted by molar-refractivity contribution is -0.121. The number of hydrogen-bond donors (Lipinski definition) is 2. The van der Waals surface area contributed by atoms with Crippen molar-refractivity contribution in [3.63, 3.8) is 0 Å².